The Hall–Kier alpha value is -1.46. The van der Waals surface area contributed by atoms with Crippen LogP contribution in [-0.2, 0) is 4.74 Å². The molecule has 1 aliphatic heterocycles. The Bertz CT molecular complexity index is 433. The van der Waals surface area contributed by atoms with Crippen LogP contribution in [0.5, 0.6) is 17.2 Å². The molecule has 1 fully saturated rings. The van der Waals surface area contributed by atoms with Crippen molar-refractivity contribution in [2.45, 2.75) is 37.8 Å². The van der Waals surface area contributed by atoms with Gasteiger partial charge in [-0.3, -0.25) is 0 Å². The van der Waals surface area contributed by atoms with Crippen LogP contribution >= 0.6 is 0 Å². The highest BCUT2D eigenvalue weighted by atomic mass is 16.5. The second kappa shape index (κ2) is 7.52. The van der Waals surface area contributed by atoms with Crippen molar-refractivity contribution in [1.29, 1.82) is 0 Å². The molecule has 21 heavy (non-hydrogen) atoms. The largest absolute Gasteiger partial charge is 0.496 e. The van der Waals surface area contributed by atoms with Crippen LogP contribution in [0.2, 0.25) is 0 Å². The maximum absolute atomic E-state index is 6.36. The Balaban J connectivity index is 2.15. The summed E-state index contributed by atoms with van der Waals surface area (Å²) in [6, 6.07) is 3.53. The molecule has 2 unspecified atom stereocenters. The van der Waals surface area contributed by atoms with Crippen LogP contribution in [0.1, 0.15) is 37.3 Å². The third kappa shape index (κ3) is 3.80. The monoisotopic (exact) mass is 295 g/mol. The lowest BCUT2D eigenvalue weighted by atomic mass is 9.98. The summed E-state index contributed by atoms with van der Waals surface area (Å²) in [6.07, 6.45) is 4.41. The van der Waals surface area contributed by atoms with Gasteiger partial charge in [0, 0.05) is 24.8 Å². The molecule has 2 N–H and O–H groups in total. The molecule has 0 spiro atoms. The lowest BCUT2D eigenvalue weighted by molar-refractivity contribution is 0.101. The van der Waals surface area contributed by atoms with Crippen LogP contribution in [0.25, 0.3) is 0 Å². The third-order valence-corrected chi connectivity index (χ3v) is 3.95. The lowest BCUT2D eigenvalue weighted by Gasteiger charge is -2.21. The molecule has 1 heterocycles. The highest BCUT2D eigenvalue weighted by molar-refractivity contribution is 5.52. The standard InChI is InChI=1S/C16H25NO4/c1-18-12-9-14(19-2)16(15(10-12)20-3)13(17)7-6-11-5-4-8-21-11/h9-11,13H,4-8,17H2,1-3H3. The topological polar surface area (TPSA) is 62.9 Å². The smallest absolute Gasteiger partial charge is 0.131 e. The normalized spacial score (nSPS) is 19.3. The van der Waals surface area contributed by atoms with E-state index in [1.165, 1.54) is 0 Å². The molecule has 0 saturated carbocycles. The van der Waals surface area contributed by atoms with Gasteiger partial charge in [-0.2, -0.15) is 0 Å². The molecule has 1 aromatic rings. The molecule has 1 aromatic carbocycles. The molecule has 5 nitrogen and oxygen atoms in total. The van der Waals surface area contributed by atoms with Crippen molar-refractivity contribution in [3.63, 3.8) is 0 Å². The second-order valence-electron chi connectivity index (χ2n) is 5.26. The van der Waals surface area contributed by atoms with Gasteiger partial charge >= 0.3 is 0 Å². The number of benzene rings is 1. The van der Waals surface area contributed by atoms with E-state index in [1.807, 2.05) is 12.1 Å². The van der Waals surface area contributed by atoms with Crippen molar-refractivity contribution in [3.8, 4) is 17.2 Å². The zero-order valence-electron chi connectivity index (χ0n) is 13.1. The van der Waals surface area contributed by atoms with Crippen molar-refractivity contribution < 1.29 is 18.9 Å². The van der Waals surface area contributed by atoms with Crippen LogP contribution < -0.4 is 19.9 Å². The predicted octanol–water partition coefficient (Wildman–Crippen LogP) is 2.67. The molecule has 0 radical (unpaired) electrons. The molecule has 1 aliphatic rings. The first-order valence-corrected chi connectivity index (χ1v) is 7.36. The van der Waals surface area contributed by atoms with E-state index >= 15 is 0 Å². The second-order valence-corrected chi connectivity index (χ2v) is 5.26. The highest BCUT2D eigenvalue weighted by Crippen LogP contribution is 2.39. The lowest BCUT2D eigenvalue weighted by Crippen LogP contribution is -2.16. The van der Waals surface area contributed by atoms with Gasteiger partial charge in [0.25, 0.3) is 0 Å². The fourth-order valence-electron chi connectivity index (χ4n) is 2.78. The van der Waals surface area contributed by atoms with Crippen LogP contribution in [-0.4, -0.2) is 34.0 Å². The fourth-order valence-corrected chi connectivity index (χ4v) is 2.78. The SMILES string of the molecule is COc1cc(OC)c(C(N)CCC2CCCO2)c(OC)c1. The zero-order chi connectivity index (χ0) is 15.2. The van der Waals surface area contributed by atoms with Gasteiger partial charge in [0.1, 0.15) is 17.2 Å². The average molecular weight is 295 g/mol. The number of methoxy groups -OCH3 is 3. The maximum atomic E-state index is 6.36. The van der Waals surface area contributed by atoms with E-state index in [1.54, 1.807) is 21.3 Å². The van der Waals surface area contributed by atoms with Gasteiger partial charge < -0.3 is 24.7 Å². The molecular formula is C16H25NO4. The third-order valence-electron chi connectivity index (χ3n) is 3.95. The predicted molar refractivity (Wildman–Crippen MR) is 81.2 cm³/mol. The number of rotatable bonds is 7. The van der Waals surface area contributed by atoms with E-state index in [0.717, 1.165) is 37.9 Å². The molecule has 1 saturated heterocycles. The minimum absolute atomic E-state index is 0.148. The van der Waals surface area contributed by atoms with Gasteiger partial charge in [0.2, 0.25) is 0 Å². The summed E-state index contributed by atoms with van der Waals surface area (Å²) >= 11 is 0. The number of hydrogen-bond acceptors (Lipinski definition) is 5. The Morgan fingerprint density at radius 1 is 1.19 bits per heavy atom. The van der Waals surface area contributed by atoms with Crippen molar-refractivity contribution >= 4 is 0 Å². The van der Waals surface area contributed by atoms with E-state index < -0.39 is 0 Å². The number of hydrogen-bond donors (Lipinski definition) is 1. The zero-order valence-corrected chi connectivity index (χ0v) is 13.1. The summed E-state index contributed by atoms with van der Waals surface area (Å²) in [5, 5.41) is 0. The first kappa shape index (κ1) is 15.9. The van der Waals surface area contributed by atoms with Gasteiger partial charge in [-0.25, -0.2) is 0 Å². The van der Waals surface area contributed by atoms with Crippen molar-refractivity contribution in [1.82, 2.24) is 0 Å². The van der Waals surface area contributed by atoms with Gasteiger partial charge in [-0.1, -0.05) is 0 Å². The Morgan fingerprint density at radius 3 is 2.33 bits per heavy atom. The van der Waals surface area contributed by atoms with Gasteiger partial charge in [0.15, 0.2) is 0 Å². The summed E-state index contributed by atoms with van der Waals surface area (Å²) in [6.45, 7) is 0.870. The van der Waals surface area contributed by atoms with Gasteiger partial charge in [0.05, 0.1) is 33.0 Å². The summed E-state index contributed by atoms with van der Waals surface area (Å²) < 4.78 is 21.8. The van der Waals surface area contributed by atoms with E-state index in [-0.39, 0.29) is 6.04 Å². The van der Waals surface area contributed by atoms with Crippen LogP contribution in [0, 0.1) is 0 Å². The first-order valence-electron chi connectivity index (χ1n) is 7.36. The number of ether oxygens (including phenoxy) is 4. The summed E-state index contributed by atoms with van der Waals surface area (Å²) in [7, 11) is 4.88. The first-order chi connectivity index (χ1) is 10.2. The van der Waals surface area contributed by atoms with E-state index in [4.69, 9.17) is 24.7 Å². The number of nitrogens with two attached hydrogens (primary N) is 1. The molecular weight excluding hydrogens is 270 g/mol. The summed E-state index contributed by atoms with van der Waals surface area (Å²) in [5.41, 5.74) is 7.25. The van der Waals surface area contributed by atoms with Crippen molar-refractivity contribution in [2.75, 3.05) is 27.9 Å². The van der Waals surface area contributed by atoms with Crippen molar-refractivity contribution in [2.24, 2.45) is 5.73 Å². The molecule has 0 aliphatic carbocycles. The molecule has 2 rings (SSSR count). The molecule has 0 aromatic heterocycles. The quantitative estimate of drug-likeness (QED) is 0.838. The molecule has 118 valence electrons. The van der Waals surface area contributed by atoms with E-state index in [0.29, 0.717) is 23.4 Å². The van der Waals surface area contributed by atoms with E-state index in [2.05, 4.69) is 0 Å². The van der Waals surface area contributed by atoms with Crippen LogP contribution in [0.4, 0.5) is 0 Å². The van der Waals surface area contributed by atoms with Gasteiger partial charge in [-0.05, 0) is 25.7 Å². The maximum Gasteiger partial charge on any atom is 0.131 e. The highest BCUT2D eigenvalue weighted by Gasteiger charge is 2.22. The Morgan fingerprint density at radius 2 is 1.86 bits per heavy atom. The molecule has 0 bridgehead atoms. The van der Waals surface area contributed by atoms with E-state index in [9.17, 15) is 0 Å². The molecule has 0 amide bonds. The Kier molecular flexibility index (Phi) is 5.70. The van der Waals surface area contributed by atoms with Crippen molar-refractivity contribution in [3.05, 3.63) is 17.7 Å². The molecule has 5 heteroatoms. The van der Waals surface area contributed by atoms with Crippen LogP contribution in [0.3, 0.4) is 0 Å². The summed E-state index contributed by atoms with van der Waals surface area (Å²) in [4.78, 5) is 0. The minimum atomic E-state index is -0.148. The van der Waals surface area contributed by atoms with Crippen LogP contribution in [0.15, 0.2) is 12.1 Å². The van der Waals surface area contributed by atoms with Gasteiger partial charge in [-0.15, -0.1) is 0 Å². The Labute approximate surface area is 126 Å². The molecule has 2 atom stereocenters. The average Bonchev–Trinajstić information content (AvgIpc) is 3.04. The summed E-state index contributed by atoms with van der Waals surface area (Å²) in [5.74, 6) is 2.09. The minimum Gasteiger partial charge on any atom is -0.496 e. The fraction of sp³-hybridized carbons (Fsp3) is 0.625.